The van der Waals surface area contributed by atoms with E-state index in [0.29, 0.717) is 43.2 Å². The third kappa shape index (κ3) is 6.53. The van der Waals surface area contributed by atoms with Gasteiger partial charge in [-0.3, -0.25) is 9.59 Å². The summed E-state index contributed by atoms with van der Waals surface area (Å²) < 4.78 is 0. The molecule has 0 spiro atoms. The van der Waals surface area contributed by atoms with Gasteiger partial charge in [-0.05, 0) is 74.7 Å². The number of benzene rings is 3. The van der Waals surface area contributed by atoms with Crippen molar-refractivity contribution in [2.75, 3.05) is 16.4 Å². The second-order valence-corrected chi connectivity index (χ2v) is 11.4. The number of carbonyl (C=O) groups is 2. The highest BCUT2D eigenvalue weighted by Gasteiger charge is 2.36. The van der Waals surface area contributed by atoms with E-state index >= 15 is 0 Å². The normalized spacial score (nSPS) is 14.9. The molecule has 3 N–H and O–H groups in total. The van der Waals surface area contributed by atoms with E-state index in [1.54, 1.807) is 49.4 Å². The molecule has 0 saturated heterocycles. The maximum atomic E-state index is 13.6. The van der Waals surface area contributed by atoms with E-state index in [2.05, 4.69) is 22.0 Å². The fourth-order valence-corrected chi connectivity index (χ4v) is 6.03. The minimum absolute atomic E-state index is 0.0646. The number of carbonyl (C=O) groups excluding carboxylic acids is 2. The number of halogens is 2. The van der Waals surface area contributed by atoms with E-state index in [-0.39, 0.29) is 17.6 Å². The van der Waals surface area contributed by atoms with E-state index in [0.717, 1.165) is 22.4 Å². The molecule has 204 valence electrons. The first-order valence-corrected chi connectivity index (χ1v) is 14.3. The van der Waals surface area contributed by atoms with Crippen LogP contribution in [0, 0.1) is 32.1 Å². The van der Waals surface area contributed by atoms with Crippen molar-refractivity contribution in [2.24, 2.45) is 0 Å². The van der Waals surface area contributed by atoms with Crippen molar-refractivity contribution >= 4 is 58.2 Å². The van der Waals surface area contributed by atoms with Crippen LogP contribution in [0.25, 0.3) is 0 Å². The van der Waals surface area contributed by atoms with Crippen LogP contribution < -0.4 is 16.0 Å². The number of hydrogen-bond acceptors (Lipinski definition) is 5. The number of aryl methyl sites for hydroxylation is 3. The molecule has 0 radical (unpaired) electrons. The molecule has 3 aromatic rings. The minimum Gasteiger partial charge on any atom is -0.353 e. The molecule has 0 aromatic heterocycles. The molecule has 0 bridgehead atoms. The second-order valence-electron chi connectivity index (χ2n) is 9.54. The molecule has 6 nitrogen and oxygen atoms in total. The van der Waals surface area contributed by atoms with E-state index < -0.39 is 5.92 Å². The molecule has 3 aromatic carbocycles. The first-order chi connectivity index (χ1) is 19.1. The number of nitrogens with one attached hydrogen (secondary N) is 3. The topological polar surface area (TPSA) is 94.0 Å². The number of thioether (sulfide) groups is 1. The van der Waals surface area contributed by atoms with Gasteiger partial charge >= 0.3 is 0 Å². The van der Waals surface area contributed by atoms with Gasteiger partial charge in [-0.1, -0.05) is 70.9 Å². The highest BCUT2D eigenvalue weighted by Crippen LogP contribution is 2.43. The Morgan fingerprint density at radius 1 is 0.975 bits per heavy atom. The van der Waals surface area contributed by atoms with Crippen LogP contribution in [0.5, 0.6) is 0 Å². The summed E-state index contributed by atoms with van der Waals surface area (Å²) in [6.45, 7) is 7.71. The molecule has 0 aliphatic carbocycles. The molecule has 4 rings (SSSR count). The summed E-state index contributed by atoms with van der Waals surface area (Å²) in [5.74, 6) is -1.25. The molecule has 1 aliphatic heterocycles. The van der Waals surface area contributed by atoms with Crippen molar-refractivity contribution in [3.05, 3.63) is 115 Å². The summed E-state index contributed by atoms with van der Waals surface area (Å²) in [7, 11) is 0. The number of dihydropyridines is 1. The predicted octanol–water partition coefficient (Wildman–Crippen LogP) is 7.63. The van der Waals surface area contributed by atoms with Crippen molar-refractivity contribution in [1.29, 1.82) is 5.26 Å². The predicted molar refractivity (Wildman–Crippen MR) is 164 cm³/mol. The highest BCUT2D eigenvalue weighted by atomic mass is 35.5. The largest absolute Gasteiger partial charge is 0.353 e. The molecule has 0 unspecified atom stereocenters. The van der Waals surface area contributed by atoms with Crippen LogP contribution in [0.3, 0.4) is 0 Å². The van der Waals surface area contributed by atoms with E-state index in [1.165, 1.54) is 11.8 Å². The molecule has 0 saturated carbocycles. The Morgan fingerprint density at radius 2 is 1.62 bits per heavy atom. The lowest BCUT2D eigenvalue weighted by Crippen LogP contribution is -2.31. The summed E-state index contributed by atoms with van der Waals surface area (Å²) >= 11 is 13.8. The van der Waals surface area contributed by atoms with Crippen molar-refractivity contribution < 1.29 is 9.59 Å². The van der Waals surface area contributed by atoms with Crippen LogP contribution >= 0.6 is 35.0 Å². The number of rotatable bonds is 7. The van der Waals surface area contributed by atoms with Crippen LogP contribution in [0.15, 0.2) is 82.5 Å². The Bertz CT molecular complexity index is 1570. The summed E-state index contributed by atoms with van der Waals surface area (Å²) in [4.78, 5) is 26.5. The van der Waals surface area contributed by atoms with Gasteiger partial charge in [0.05, 0.1) is 28.3 Å². The fraction of sp³-hybridized carbons (Fsp3) is 0.194. The minimum atomic E-state index is -0.737. The zero-order valence-electron chi connectivity index (χ0n) is 22.5. The second kappa shape index (κ2) is 12.6. The Morgan fingerprint density at radius 3 is 2.25 bits per heavy atom. The number of anilines is 2. The van der Waals surface area contributed by atoms with Crippen LogP contribution in [-0.2, 0) is 9.59 Å². The van der Waals surface area contributed by atoms with Gasteiger partial charge in [-0.15, -0.1) is 0 Å². The smallest absolute Gasteiger partial charge is 0.254 e. The maximum Gasteiger partial charge on any atom is 0.254 e. The van der Waals surface area contributed by atoms with Crippen molar-refractivity contribution in [2.45, 2.75) is 33.6 Å². The third-order valence-electron chi connectivity index (χ3n) is 6.50. The monoisotopic (exact) mass is 590 g/mol. The number of amides is 2. The summed E-state index contributed by atoms with van der Waals surface area (Å²) in [5, 5.41) is 20.9. The lowest BCUT2D eigenvalue weighted by Gasteiger charge is -2.30. The third-order valence-corrected chi connectivity index (χ3v) is 8.11. The van der Waals surface area contributed by atoms with Crippen LogP contribution in [0.4, 0.5) is 11.4 Å². The van der Waals surface area contributed by atoms with Crippen LogP contribution in [-0.4, -0.2) is 17.6 Å². The van der Waals surface area contributed by atoms with E-state index in [9.17, 15) is 14.9 Å². The molecule has 9 heteroatoms. The first-order valence-electron chi connectivity index (χ1n) is 12.5. The standard InChI is InChI=1S/C31H28Cl2N4O2S/c1-17-13-18(2)29(19(3)14-17)37-26(38)16-40-31-24(15-34)28(23-7-5-6-8-25(23)33)27(20(4)35-31)30(39)36-22-11-9-21(32)10-12-22/h5-14,28,35H,16H2,1-4H3,(H,36,39)(H,37,38)/t28-/m1/s1. The van der Waals surface area contributed by atoms with Gasteiger partial charge in [0.15, 0.2) is 0 Å². The lowest BCUT2D eigenvalue weighted by molar-refractivity contribution is -0.114. The average Bonchev–Trinajstić information content (AvgIpc) is 2.90. The molecular formula is C31H28Cl2N4O2S. The molecule has 1 atom stereocenters. The van der Waals surface area contributed by atoms with Crippen molar-refractivity contribution in [3.63, 3.8) is 0 Å². The fourth-order valence-electron chi connectivity index (χ4n) is 4.77. The van der Waals surface area contributed by atoms with Crippen LogP contribution in [0.1, 0.15) is 35.1 Å². The maximum absolute atomic E-state index is 13.6. The average molecular weight is 592 g/mol. The molecule has 1 heterocycles. The van der Waals surface area contributed by atoms with Gasteiger partial charge < -0.3 is 16.0 Å². The summed E-state index contributed by atoms with van der Waals surface area (Å²) in [5.41, 5.74) is 6.29. The Labute approximate surface area is 248 Å². The number of hydrogen-bond donors (Lipinski definition) is 3. The molecule has 40 heavy (non-hydrogen) atoms. The molecule has 1 aliphatic rings. The molecule has 0 fully saturated rings. The van der Waals surface area contributed by atoms with Gasteiger partial charge in [0, 0.05) is 32.7 Å². The number of allylic oxidation sites excluding steroid dienone is 2. The van der Waals surface area contributed by atoms with Gasteiger partial charge in [0.25, 0.3) is 5.91 Å². The number of nitriles is 1. The summed E-state index contributed by atoms with van der Waals surface area (Å²) in [6.07, 6.45) is 0. The highest BCUT2D eigenvalue weighted by molar-refractivity contribution is 8.03. The first kappa shape index (κ1) is 29.3. The van der Waals surface area contributed by atoms with Gasteiger partial charge in [0.1, 0.15) is 0 Å². The summed E-state index contributed by atoms with van der Waals surface area (Å²) in [6, 6.07) is 20.2. The van der Waals surface area contributed by atoms with Crippen LogP contribution in [0.2, 0.25) is 10.0 Å². The van der Waals surface area contributed by atoms with Gasteiger partial charge in [-0.25, -0.2) is 0 Å². The molecule has 2 amide bonds. The zero-order chi connectivity index (χ0) is 29.0. The van der Waals surface area contributed by atoms with Crippen molar-refractivity contribution in [1.82, 2.24) is 5.32 Å². The van der Waals surface area contributed by atoms with E-state index in [4.69, 9.17) is 23.2 Å². The SMILES string of the molecule is CC1=C(C(=O)Nc2ccc(Cl)cc2)[C@H](c2ccccc2Cl)C(C#N)=C(SCC(=O)Nc2c(C)cc(C)cc2C)N1. The van der Waals surface area contributed by atoms with Gasteiger partial charge in [-0.2, -0.15) is 5.26 Å². The lowest BCUT2D eigenvalue weighted by atomic mass is 9.82. The zero-order valence-corrected chi connectivity index (χ0v) is 24.8. The molecular weight excluding hydrogens is 563 g/mol. The van der Waals surface area contributed by atoms with Crippen molar-refractivity contribution in [3.8, 4) is 6.07 Å². The number of nitrogens with zero attached hydrogens (tertiary/aromatic N) is 1. The Hall–Kier alpha value is -3.70. The Balaban J connectivity index is 1.64. The van der Waals surface area contributed by atoms with E-state index in [1.807, 2.05) is 39.0 Å². The quantitative estimate of drug-likeness (QED) is 0.263. The Kier molecular flexibility index (Phi) is 9.26. The van der Waals surface area contributed by atoms with Gasteiger partial charge in [0.2, 0.25) is 5.91 Å².